The largest absolute Gasteiger partial charge is 0.492 e. The number of benzene rings is 1. The zero-order valence-electron chi connectivity index (χ0n) is 15.7. The molecule has 148 valence electrons. The van der Waals surface area contributed by atoms with Crippen LogP contribution in [0, 0.1) is 12.7 Å². The first kappa shape index (κ1) is 19.9. The van der Waals surface area contributed by atoms with Crippen molar-refractivity contribution in [3.63, 3.8) is 0 Å². The number of azo groups is 1. The number of halogens is 1. The minimum absolute atomic E-state index is 0.186. The van der Waals surface area contributed by atoms with E-state index in [4.69, 9.17) is 0 Å². The molecule has 0 radical (unpaired) electrons. The van der Waals surface area contributed by atoms with Gasteiger partial charge in [0.25, 0.3) is 0 Å². The van der Waals surface area contributed by atoms with Crippen LogP contribution in [0.2, 0.25) is 0 Å². The number of aliphatic hydroxyl groups excluding tert-OH is 1. The molecule has 0 unspecified atom stereocenters. The van der Waals surface area contributed by atoms with Crippen LogP contribution in [0.25, 0.3) is 0 Å². The Morgan fingerprint density at radius 1 is 1.21 bits per heavy atom. The van der Waals surface area contributed by atoms with Gasteiger partial charge in [0.05, 0.1) is 5.69 Å². The highest BCUT2D eigenvalue weighted by molar-refractivity contribution is 7.95. The zero-order chi connectivity index (χ0) is 20.5. The van der Waals surface area contributed by atoms with Gasteiger partial charge in [-0.3, -0.25) is 0 Å². The molecule has 10 heteroatoms. The number of rotatable bonds is 5. The molecule has 3 rings (SSSR count). The van der Waals surface area contributed by atoms with Gasteiger partial charge in [-0.15, -0.1) is 10.2 Å². The van der Waals surface area contributed by atoms with Crippen molar-refractivity contribution in [3.8, 4) is 0 Å². The number of fused-ring (bicyclic) bond motifs is 1. The molecule has 2 heterocycles. The number of aromatic nitrogens is 1. The fourth-order valence-corrected chi connectivity index (χ4v) is 4.05. The van der Waals surface area contributed by atoms with Crippen molar-refractivity contribution in [2.75, 3.05) is 32.1 Å². The minimum atomic E-state index is -4.26. The second-order valence-corrected chi connectivity index (χ2v) is 8.43. The molecular weight excluding hydrogens is 385 g/mol. The normalized spacial score (nSPS) is 16.1. The van der Waals surface area contributed by atoms with Crippen LogP contribution >= 0.6 is 0 Å². The molecule has 0 saturated carbocycles. The first-order chi connectivity index (χ1) is 13.2. The Balaban J connectivity index is 2.10. The third kappa shape index (κ3) is 3.87. The highest BCUT2D eigenvalue weighted by atomic mass is 32.2. The van der Waals surface area contributed by atoms with Gasteiger partial charge >= 0.3 is 0 Å². The maximum absolute atomic E-state index is 13.8. The first-order valence-corrected chi connectivity index (χ1v) is 9.93. The number of nitrogens with zero attached hydrogens (tertiary/aromatic N) is 5. The Bertz CT molecular complexity index is 1050. The Hall–Kier alpha value is -2.85. The number of hydrogen-bond acceptors (Lipinski definition) is 8. The van der Waals surface area contributed by atoms with Crippen LogP contribution in [0.5, 0.6) is 0 Å². The van der Waals surface area contributed by atoms with Gasteiger partial charge in [0, 0.05) is 19.3 Å². The Morgan fingerprint density at radius 3 is 2.61 bits per heavy atom. The lowest BCUT2D eigenvalue weighted by Crippen LogP contribution is -2.36. The lowest BCUT2D eigenvalue weighted by Gasteiger charge is -2.31. The molecular formula is C18H20FN5O3S. The van der Waals surface area contributed by atoms with Gasteiger partial charge in [0.1, 0.15) is 10.7 Å². The predicted molar refractivity (Wildman–Crippen MR) is 103 cm³/mol. The maximum atomic E-state index is 13.8. The molecule has 0 fully saturated rings. The van der Waals surface area contributed by atoms with E-state index in [1.165, 1.54) is 11.0 Å². The molecule has 0 amide bonds. The van der Waals surface area contributed by atoms with Crippen LogP contribution in [0.4, 0.5) is 15.9 Å². The molecule has 0 atom stereocenters. The van der Waals surface area contributed by atoms with Crippen molar-refractivity contribution in [1.29, 1.82) is 0 Å². The average Bonchev–Trinajstić information content (AvgIpc) is 2.63. The lowest BCUT2D eigenvalue weighted by molar-refractivity contribution is 0.361. The molecule has 1 aliphatic heterocycles. The van der Waals surface area contributed by atoms with Crippen molar-refractivity contribution >= 4 is 21.3 Å². The van der Waals surface area contributed by atoms with Crippen molar-refractivity contribution in [3.05, 3.63) is 58.8 Å². The van der Waals surface area contributed by atoms with E-state index >= 15 is 0 Å². The fourth-order valence-electron chi connectivity index (χ4n) is 2.62. The van der Waals surface area contributed by atoms with E-state index in [9.17, 15) is 17.9 Å². The number of sulfone groups is 1. The van der Waals surface area contributed by atoms with E-state index in [2.05, 4.69) is 15.2 Å². The van der Waals surface area contributed by atoms with Crippen LogP contribution in [0.15, 0.2) is 62.6 Å². The molecule has 0 aliphatic carbocycles. The standard InChI is InChI=1S/C18H20FN5O3S/c1-12-4-7-16(20-11-12)21-22-17-18(25)24(9-8-23(2)3)14-6-5-13(19)10-15(14)28(17,26)27/h4-7,10-11,25H,8-9H2,1-3H3. The van der Waals surface area contributed by atoms with Crippen LogP contribution in [-0.2, 0) is 9.84 Å². The van der Waals surface area contributed by atoms with Crippen molar-refractivity contribution in [2.24, 2.45) is 10.2 Å². The smallest absolute Gasteiger partial charge is 0.242 e. The number of anilines is 1. The first-order valence-electron chi connectivity index (χ1n) is 8.44. The molecule has 2 aromatic rings. The summed E-state index contributed by atoms with van der Waals surface area (Å²) in [5, 5.41) is 17.6. The molecule has 0 spiro atoms. The SMILES string of the molecule is Cc1ccc(N=NC2=C(O)N(CCN(C)C)c3ccc(F)cc3S2(=O)=O)nc1. The predicted octanol–water partition coefficient (Wildman–Crippen LogP) is 3.15. The molecule has 0 saturated heterocycles. The molecule has 8 nitrogen and oxygen atoms in total. The highest BCUT2D eigenvalue weighted by Gasteiger charge is 2.37. The summed E-state index contributed by atoms with van der Waals surface area (Å²) in [6.07, 6.45) is 1.56. The lowest BCUT2D eigenvalue weighted by atomic mass is 10.2. The molecule has 1 aliphatic rings. The van der Waals surface area contributed by atoms with Gasteiger partial charge in [-0.2, -0.15) is 0 Å². The van der Waals surface area contributed by atoms with Crippen LogP contribution in [-0.4, -0.2) is 50.6 Å². The van der Waals surface area contributed by atoms with Crippen molar-refractivity contribution < 1.29 is 17.9 Å². The molecule has 1 aromatic heterocycles. The van der Waals surface area contributed by atoms with Crippen LogP contribution in [0.1, 0.15) is 5.56 Å². The van der Waals surface area contributed by atoms with E-state index in [1.54, 1.807) is 18.3 Å². The second-order valence-electron chi connectivity index (χ2n) is 6.59. The highest BCUT2D eigenvalue weighted by Crippen LogP contribution is 2.39. The molecule has 1 aromatic carbocycles. The number of aryl methyl sites for hydroxylation is 1. The van der Waals surface area contributed by atoms with Gasteiger partial charge in [-0.1, -0.05) is 6.07 Å². The third-order valence-electron chi connectivity index (χ3n) is 4.11. The average molecular weight is 405 g/mol. The number of aliphatic hydroxyl groups is 1. The minimum Gasteiger partial charge on any atom is -0.492 e. The summed E-state index contributed by atoms with van der Waals surface area (Å²) >= 11 is 0. The number of hydrogen-bond donors (Lipinski definition) is 1. The quantitative estimate of drug-likeness (QED) is 0.768. The summed E-state index contributed by atoms with van der Waals surface area (Å²) in [5.74, 6) is -1.07. The van der Waals surface area contributed by atoms with E-state index in [0.29, 0.717) is 6.54 Å². The van der Waals surface area contributed by atoms with Gasteiger partial charge < -0.3 is 14.9 Å². The fraction of sp³-hybridized carbons (Fsp3) is 0.278. The maximum Gasteiger partial charge on any atom is 0.242 e. The number of likely N-dealkylation sites (N-methyl/N-ethyl adjacent to an activating group) is 1. The molecule has 1 N–H and O–H groups in total. The van der Waals surface area contributed by atoms with Gasteiger partial charge in [-0.05, 0) is 50.8 Å². The summed E-state index contributed by atoms with van der Waals surface area (Å²) in [6, 6.07) is 6.71. The van der Waals surface area contributed by atoms with Gasteiger partial charge in [-0.25, -0.2) is 17.8 Å². The third-order valence-corrected chi connectivity index (χ3v) is 5.79. The summed E-state index contributed by atoms with van der Waals surface area (Å²) in [4.78, 5) is 7.02. The van der Waals surface area contributed by atoms with E-state index in [1.807, 2.05) is 25.9 Å². The summed E-state index contributed by atoms with van der Waals surface area (Å²) in [7, 11) is -0.570. The Kier molecular flexibility index (Phi) is 5.43. The zero-order valence-corrected chi connectivity index (χ0v) is 16.5. The topological polar surface area (TPSA) is 98.5 Å². The van der Waals surface area contributed by atoms with Gasteiger partial charge in [0.15, 0.2) is 5.82 Å². The molecule has 0 bridgehead atoms. The van der Waals surface area contributed by atoms with E-state index in [0.717, 1.165) is 17.7 Å². The summed E-state index contributed by atoms with van der Waals surface area (Å²) in [6.45, 7) is 2.64. The van der Waals surface area contributed by atoms with Crippen LogP contribution in [0.3, 0.4) is 0 Å². The number of pyridine rings is 1. The van der Waals surface area contributed by atoms with Gasteiger partial charge in [0.2, 0.25) is 20.7 Å². The summed E-state index contributed by atoms with van der Waals surface area (Å²) in [5.41, 5.74) is 1.10. The van der Waals surface area contributed by atoms with Crippen LogP contribution < -0.4 is 4.90 Å². The van der Waals surface area contributed by atoms with Crippen molar-refractivity contribution in [1.82, 2.24) is 9.88 Å². The molecule has 28 heavy (non-hydrogen) atoms. The summed E-state index contributed by atoms with van der Waals surface area (Å²) < 4.78 is 39.6. The monoisotopic (exact) mass is 405 g/mol. The Morgan fingerprint density at radius 2 is 1.96 bits per heavy atom. The van der Waals surface area contributed by atoms with E-state index < -0.39 is 26.6 Å². The second kappa shape index (κ2) is 7.64. The Labute approximate surface area is 162 Å². The van der Waals surface area contributed by atoms with E-state index in [-0.39, 0.29) is 22.9 Å². The van der Waals surface area contributed by atoms with Crippen molar-refractivity contribution in [2.45, 2.75) is 11.8 Å².